The third-order valence-corrected chi connectivity index (χ3v) is 5.95. The molecule has 1 aliphatic rings. The van der Waals surface area contributed by atoms with Crippen LogP contribution in [0.4, 0.5) is 0 Å². The molecule has 0 saturated carbocycles. The van der Waals surface area contributed by atoms with Gasteiger partial charge in [0.2, 0.25) is 10.0 Å². The lowest BCUT2D eigenvalue weighted by atomic mass is 10.2. The molecule has 0 radical (unpaired) electrons. The van der Waals surface area contributed by atoms with E-state index in [4.69, 9.17) is 17.3 Å². The molecule has 1 unspecified atom stereocenters. The van der Waals surface area contributed by atoms with Gasteiger partial charge in [-0.15, -0.1) is 0 Å². The van der Waals surface area contributed by atoms with E-state index in [0.29, 0.717) is 24.7 Å². The molecule has 7 heteroatoms. The quantitative estimate of drug-likeness (QED) is 0.904. The fourth-order valence-electron chi connectivity index (χ4n) is 2.35. The van der Waals surface area contributed by atoms with E-state index >= 15 is 0 Å². The predicted octanol–water partition coefficient (Wildman–Crippen LogP) is 1.12. The molecule has 0 aromatic heterocycles. The largest absolute Gasteiger partial charge is 0.326 e. The van der Waals surface area contributed by atoms with Crippen molar-refractivity contribution in [3.8, 4) is 0 Å². The lowest BCUT2D eigenvalue weighted by Crippen LogP contribution is -2.34. The highest BCUT2D eigenvalue weighted by molar-refractivity contribution is 7.89. The van der Waals surface area contributed by atoms with Gasteiger partial charge >= 0.3 is 0 Å². The maximum atomic E-state index is 12.6. The highest BCUT2D eigenvalue weighted by Crippen LogP contribution is 2.26. The van der Waals surface area contributed by atoms with Crippen LogP contribution in [0, 0.1) is 0 Å². The molecule has 0 aliphatic carbocycles. The minimum Gasteiger partial charge on any atom is -0.326 e. The number of rotatable bonds is 4. The minimum atomic E-state index is -3.47. The first-order valence-electron chi connectivity index (χ1n) is 6.51. The highest BCUT2D eigenvalue weighted by atomic mass is 35.5. The first-order chi connectivity index (χ1) is 9.36. The van der Waals surface area contributed by atoms with Gasteiger partial charge in [0.25, 0.3) is 0 Å². The number of sulfonamides is 1. The summed E-state index contributed by atoms with van der Waals surface area (Å²) in [6.07, 6.45) is 0.848. The van der Waals surface area contributed by atoms with Crippen molar-refractivity contribution in [2.45, 2.75) is 23.9 Å². The molecule has 1 saturated heterocycles. The van der Waals surface area contributed by atoms with Crippen molar-refractivity contribution in [1.82, 2.24) is 9.21 Å². The average Bonchev–Trinajstić information content (AvgIpc) is 2.89. The monoisotopic (exact) mass is 317 g/mol. The van der Waals surface area contributed by atoms with Gasteiger partial charge < -0.3 is 10.6 Å². The minimum absolute atomic E-state index is 0.235. The number of hydrogen-bond donors (Lipinski definition) is 1. The predicted molar refractivity (Wildman–Crippen MR) is 80.2 cm³/mol. The smallest absolute Gasteiger partial charge is 0.243 e. The molecule has 0 amide bonds. The number of benzene rings is 1. The van der Waals surface area contributed by atoms with E-state index < -0.39 is 10.0 Å². The standard InChI is InChI=1S/C13H20ClN3O2S/c1-16(2)11-5-6-17(9-11)20(18,19)12-4-3-10(8-15)13(14)7-12/h3-4,7,11H,5-6,8-9,15H2,1-2H3. The Morgan fingerprint density at radius 1 is 1.45 bits per heavy atom. The summed E-state index contributed by atoms with van der Waals surface area (Å²) in [7, 11) is 0.461. The van der Waals surface area contributed by atoms with Crippen LogP contribution in [0.3, 0.4) is 0 Å². The van der Waals surface area contributed by atoms with Gasteiger partial charge in [0.15, 0.2) is 0 Å². The number of hydrogen-bond acceptors (Lipinski definition) is 4. The van der Waals surface area contributed by atoms with Gasteiger partial charge in [-0.3, -0.25) is 0 Å². The summed E-state index contributed by atoms with van der Waals surface area (Å²) in [5.41, 5.74) is 6.28. The van der Waals surface area contributed by atoms with Gasteiger partial charge in [-0.25, -0.2) is 8.42 Å². The van der Waals surface area contributed by atoms with Crippen molar-refractivity contribution in [2.75, 3.05) is 27.2 Å². The molecule has 1 heterocycles. The molecular formula is C13H20ClN3O2S. The van der Waals surface area contributed by atoms with Crippen LogP contribution < -0.4 is 5.73 Å². The van der Waals surface area contributed by atoms with Gasteiger partial charge in [0, 0.05) is 30.7 Å². The third-order valence-electron chi connectivity index (χ3n) is 3.74. The van der Waals surface area contributed by atoms with E-state index in [1.54, 1.807) is 12.1 Å². The molecule has 0 bridgehead atoms. The SMILES string of the molecule is CN(C)C1CCN(S(=O)(=O)c2ccc(CN)c(Cl)c2)C1. The fraction of sp³-hybridized carbons (Fsp3) is 0.538. The van der Waals surface area contributed by atoms with Crippen LogP contribution in [0.15, 0.2) is 23.1 Å². The van der Waals surface area contributed by atoms with Crippen LogP contribution in [0.2, 0.25) is 5.02 Å². The van der Waals surface area contributed by atoms with E-state index in [0.717, 1.165) is 12.0 Å². The van der Waals surface area contributed by atoms with Crippen molar-refractivity contribution in [3.05, 3.63) is 28.8 Å². The lowest BCUT2D eigenvalue weighted by molar-refractivity contribution is 0.302. The Labute approximate surface area is 125 Å². The molecule has 1 aliphatic heterocycles. The zero-order valence-electron chi connectivity index (χ0n) is 11.7. The maximum Gasteiger partial charge on any atom is 0.243 e. The number of nitrogens with zero attached hydrogens (tertiary/aromatic N) is 2. The first kappa shape index (κ1) is 15.7. The normalized spacial score (nSPS) is 20.8. The summed E-state index contributed by atoms with van der Waals surface area (Å²) in [5.74, 6) is 0. The molecule has 1 fully saturated rings. The molecule has 1 aromatic carbocycles. The van der Waals surface area contributed by atoms with Crippen molar-refractivity contribution < 1.29 is 8.42 Å². The van der Waals surface area contributed by atoms with Gasteiger partial charge in [0.05, 0.1) is 4.90 Å². The van der Waals surface area contributed by atoms with E-state index in [2.05, 4.69) is 4.90 Å². The van der Waals surface area contributed by atoms with Gasteiger partial charge in [-0.2, -0.15) is 4.31 Å². The average molecular weight is 318 g/mol. The van der Waals surface area contributed by atoms with E-state index in [1.165, 1.54) is 10.4 Å². The van der Waals surface area contributed by atoms with Gasteiger partial charge in [-0.05, 0) is 38.2 Å². The Morgan fingerprint density at radius 2 is 2.15 bits per heavy atom. The summed E-state index contributed by atoms with van der Waals surface area (Å²) in [6, 6.07) is 5.01. The molecule has 20 heavy (non-hydrogen) atoms. The van der Waals surface area contributed by atoms with Crippen molar-refractivity contribution in [2.24, 2.45) is 5.73 Å². The Kier molecular flexibility index (Phi) is 4.71. The summed E-state index contributed by atoms with van der Waals surface area (Å²) >= 11 is 6.05. The van der Waals surface area contributed by atoms with Gasteiger partial charge in [0.1, 0.15) is 0 Å². The maximum absolute atomic E-state index is 12.6. The van der Waals surface area contributed by atoms with Gasteiger partial charge in [-0.1, -0.05) is 17.7 Å². The zero-order chi connectivity index (χ0) is 14.9. The van der Waals surface area contributed by atoms with E-state index in [-0.39, 0.29) is 10.9 Å². The molecule has 1 atom stereocenters. The van der Waals surface area contributed by atoms with Crippen LogP contribution in [0.5, 0.6) is 0 Å². The topological polar surface area (TPSA) is 66.6 Å². The van der Waals surface area contributed by atoms with E-state index in [1.807, 2.05) is 14.1 Å². The van der Waals surface area contributed by atoms with Crippen molar-refractivity contribution in [1.29, 1.82) is 0 Å². The van der Waals surface area contributed by atoms with Crippen LogP contribution >= 0.6 is 11.6 Å². The Morgan fingerprint density at radius 3 is 2.65 bits per heavy atom. The zero-order valence-corrected chi connectivity index (χ0v) is 13.3. The molecule has 2 rings (SSSR count). The Hall–Kier alpha value is -0.660. The third kappa shape index (κ3) is 2.99. The van der Waals surface area contributed by atoms with Crippen molar-refractivity contribution >= 4 is 21.6 Å². The molecule has 0 spiro atoms. The number of nitrogens with two attached hydrogens (primary N) is 1. The summed E-state index contributed by atoms with van der Waals surface area (Å²) in [4.78, 5) is 2.29. The Bertz CT molecular complexity index is 589. The summed E-state index contributed by atoms with van der Waals surface area (Å²) in [6.45, 7) is 1.36. The first-order valence-corrected chi connectivity index (χ1v) is 8.33. The second-order valence-corrected chi connectivity index (χ2v) is 7.57. The second kappa shape index (κ2) is 5.99. The summed E-state index contributed by atoms with van der Waals surface area (Å²) < 4.78 is 26.7. The van der Waals surface area contributed by atoms with Crippen LogP contribution in [0.1, 0.15) is 12.0 Å². The number of halogens is 1. The highest BCUT2D eigenvalue weighted by Gasteiger charge is 2.33. The Balaban J connectivity index is 2.25. The second-order valence-electron chi connectivity index (χ2n) is 5.23. The fourth-order valence-corrected chi connectivity index (χ4v) is 4.19. The molecule has 2 N–H and O–H groups in total. The molecule has 5 nitrogen and oxygen atoms in total. The van der Waals surface area contributed by atoms with Crippen LogP contribution in [-0.2, 0) is 16.6 Å². The van der Waals surface area contributed by atoms with Crippen LogP contribution in [-0.4, -0.2) is 50.8 Å². The number of likely N-dealkylation sites (N-methyl/N-ethyl adjacent to an activating group) is 1. The molecular weight excluding hydrogens is 298 g/mol. The lowest BCUT2D eigenvalue weighted by Gasteiger charge is -2.20. The van der Waals surface area contributed by atoms with E-state index in [9.17, 15) is 8.42 Å². The summed E-state index contributed by atoms with van der Waals surface area (Å²) in [5, 5.41) is 0.400. The molecule has 1 aromatic rings. The van der Waals surface area contributed by atoms with Crippen LogP contribution in [0.25, 0.3) is 0 Å². The van der Waals surface area contributed by atoms with Crippen molar-refractivity contribution in [3.63, 3.8) is 0 Å². The molecule has 112 valence electrons.